The van der Waals surface area contributed by atoms with Gasteiger partial charge in [-0.3, -0.25) is 0 Å². The predicted octanol–water partition coefficient (Wildman–Crippen LogP) is 2.70. The van der Waals surface area contributed by atoms with Crippen LogP contribution in [0.25, 0.3) is 0 Å². The van der Waals surface area contributed by atoms with Crippen LogP contribution in [0.5, 0.6) is 0 Å². The molecule has 2 nitrogen and oxygen atoms in total. The maximum atomic E-state index is 10.3. The van der Waals surface area contributed by atoms with Crippen LogP contribution >= 0.6 is 0 Å². The molecule has 0 aromatic heterocycles. The van der Waals surface area contributed by atoms with Crippen molar-refractivity contribution in [3.8, 4) is 0 Å². The van der Waals surface area contributed by atoms with E-state index in [1.807, 2.05) is 0 Å². The summed E-state index contributed by atoms with van der Waals surface area (Å²) in [6.07, 6.45) is 3.61. The van der Waals surface area contributed by atoms with E-state index >= 15 is 0 Å². The number of carbonyl (C=O) groups excluding carboxylic acids is 1. The minimum absolute atomic E-state index is 0.250. The molecule has 0 radical (unpaired) electrons. The molecule has 16 heavy (non-hydrogen) atoms. The number of carbonyl (C=O) groups is 1. The summed E-state index contributed by atoms with van der Waals surface area (Å²) in [6, 6.07) is 6.44. The standard InChI is InChI=1S/C14H20O2/c1-11-9-13(10-12(2)16-3)6-7-14(11)5-4-8-15/h6-9,12H,4-5,10H2,1-3H3. The van der Waals surface area contributed by atoms with Crippen LogP contribution in [0.3, 0.4) is 0 Å². The monoisotopic (exact) mass is 220 g/mol. The van der Waals surface area contributed by atoms with Gasteiger partial charge in [0.1, 0.15) is 6.29 Å². The molecule has 0 aliphatic rings. The Morgan fingerprint density at radius 3 is 2.75 bits per heavy atom. The highest BCUT2D eigenvalue weighted by atomic mass is 16.5. The molecular weight excluding hydrogens is 200 g/mol. The van der Waals surface area contributed by atoms with Crippen molar-refractivity contribution < 1.29 is 9.53 Å². The molecule has 1 aromatic rings. The first-order chi connectivity index (χ1) is 7.67. The van der Waals surface area contributed by atoms with Gasteiger partial charge < -0.3 is 9.53 Å². The van der Waals surface area contributed by atoms with Crippen molar-refractivity contribution in [3.63, 3.8) is 0 Å². The fourth-order valence-corrected chi connectivity index (χ4v) is 1.80. The summed E-state index contributed by atoms with van der Waals surface area (Å²) in [6.45, 7) is 4.16. The highest BCUT2D eigenvalue weighted by molar-refractivity contribution is 5.50. The summed E-state index contributed by atoms with van der Waals surface area (Å²) in [7, 11) is 1.73. The Kier molecular flexibility index (Phi) is 5.20. The van der Waals surface area contributed by atoms with Crippen LogP contribution in [0, 0.1) is 6.92 Å². The summed E-state index contributed by atoms with van der Waals surface area (Å²) in [4.78, 5) is 10.3. The molecule has 0 saturated carbocycles. The second kappa shape index (κ2) is 6.44. The number of hydrogen-bond acceptors (Lipinski definition) is 2. The number of ether oxygens (including phenoxy) is 1. The van der Waals surface area contributed by atoms with Crippen molar-refractivity contribution in [3.05, 3.63) is 34.9 Å². The molecule has 0 aliphatic heterocycles. The van der Waals surface area contributed by atoms with Gasteiger partial charge in [0.25, 0.3) is 0 Å². The summed E-state index contributed by atoms with van der Waals surface area (Å²) >= 11 is 0. The van der Waals surface area contributed by atoms with E-state index in [1.165, 1.54) is 16.7 Å². The molecule has 2 heteroatoms. The van der Waals surface area contributed by atoms with E-state index in [2.05, 4.69) is 32.0 Å². The third-order valence-corrected chi connectivity index (χ3v) is 2.86. The van der Waals surface area contributed by atoms with Crippen molar-refractivity contribution in [2.75, 3.05) is 7.11 Å². The predicted molar refractivity (Wildman–Crippen MR) is 65.7 cm³/mol. The minimum atomic E-state index is 0.250. The van der Waals surface area contributed by atoms with Crippen LogP contribution in [0.2, 0.25) is 0 Å². The van der Waals surface area contributed by atoms with E-state index < -0.39 is 0 Å². The maximum Gasteiger partial charge on any atom is 0.120 e. The Bertz CT molecular complexity index is 345. The third kappa shape index (κ3) is 3.78. The fraction of sp³-hybridized carbons (Fsp3) is 0.500. The van der Waals surface area contributed by atoms with Crippen LogP contribution in [0.15, 0.2) is 18.2 Å². The average molecular weight is 220 g/mol. The van der Waals surface area contributed by atoms with Crippen molar-refractivity contribution in [1.29, 1.82) is 0 Å². The first kappa shape index (κ1) is 12.9. The van der Waals surface area contributed by atoms with Gasteiger partial charge >= 0.3 is 0 Å². The van der Waals surface area contributed by atoms with Gasteiger partial charge in [-0.15, -0.1) is 0 Å². The zero-order chi connectivity index (χ0) is 12.0. The van der Waals surface area contributed by atoms with Gasteiger partial charge in [-0.05, 0) is 43.4 Å². The van der Waals surface area contributed by atoms with E-state index in [4.69, 9.17) is 4.74 Å². The topological polar surface area (TPSA) is 26.3 Å². The van der Waals surface area contributed by atoms with Crippen molar-refractivity contribution in [2.45, 2.75) is 39.2 Å². The normalized spacial score (nSPS) is 12.4. The van der Waals surface area contributed by atoms with Crippen LogP contribution in [0.4, 0.5) is 0 Å². The van der Waals surface area contributed by atoms with Gasteiger partial charge in [-0.1, -0.05) is 18.2 Å². The molecule has 0 aliphatic carbocycles. The summed E-state index contributed by atoms with van der Waals surface area (Å²) < 4.78 is 5.24. The quantitative estimate of drug-likeness (QED) is 0.689. The van der Waals surface area contributed by atoms with Gasteiger partial charge in [0.15, 0.2) is 0 Å². The van der Waals surface area contributed by atoms with Crippen molar-refractivity contribution in [1.82, 2.24) is 0 Å². The minimum Gasteiger partial charge on any atom is -0.381 e. The van der Waals surface area contributed by atoms with Crippen molar-refractivity contribution in [2.24, 2.45) is 0 Å². The lowest BCUT2D eigenvalue weighted by Gasteiger charge is -2.11. The molecule has 88 valence electrons. The van der Waals surface area contributed by atoms with E-state index in [9.17, 15) is 4.79 Å². The van der Waals surface area contributed by atoms with Crippen LogP contribution in [-0.2, 0) is 22.4 Å². The smallest absolute Gasteiger partial charge is 0.120 e. The van der Waals surface area contributed by atoms with Crippen LogP contribution in [-0.4, -0.2) is 19.5 Å². The average Bonchev–Trinajstić information content (AvgIpc) is 2.28. The molecule has 1 unspecified atom stereocenters. The molecule has 0 saturated heterocycles. The Morgan fingerprint density at radius 2 is 2.19 bits per heavy atom. The van der Waals surface area contributed by atoms with E-state index in [0.29, 0.717) is 6.42 Å². The highest BCUT2D eigenvalue weighted by Crippen LogP contribution is 2.14. The molecule has 1 aromatic carbocycles. The fourth-order valence-electron chi connectivity index (χ4n) is 1.80. The maximum absolute atomic E-state index is 10.3. The molecule has 1 rings (SSSR count). The molecule has 0 spiro atoms. The van der Waals surface area contributed by atoms with Gasteiger partial charge in [0.2, 0.25) is 0 Å². The lowest BCUT2D eigenvalue weighted by Crippen LogP contribution is -2.08. The second-order valence-electron chi connectivity index (χ2n) is 4.22. The zero-order valence-electron chi connectivity index (χ0n) is 10.3. The SMILES string of the molecule is COC(C)Cc1ccc(CCC=O)c(C)c1. The number of rotatable bonds is 6. The summed E-state index contributed by atoms with van der Waals surface area (Å²) in [5.74, 6) is 0. The number of hydrogen-bond donors (Lipinski definition) is 0. The second-order valence-corrected chi connectivity index (χ2v) is 4.22. The Hall–Kier alpha value is -1.15. The van der Waals surface area contributed by atoms with Crippen LogP contribution in [0.1, 0.15) is 30.0 Å². The van der Waals surface area contributed by atoms with Gasteiger partial charge in [-0.2, -0.15) is 0 Å². The summed E-state index contributed by atoms with van der Waals surface area (Å²) in [5, 5.41) is 0. The van der Waals surface area contributed by atoms with Crippen LogP contribution < -0.4 is 0 Å². The molecule has 0 bridgehead atoms. The molecule has 0 N–H and O–H groups in total. The number of aldehydes is 1. The number of methoxy groups -OCH3 is 1. The van der Waals surface area contributed by atoms with E-state index in [0.717, 1.165) is 19.1 Å². The molecule has 1 atom stereocenters. The largest absolute Gasteiger partial charge is 0.381 e. The van der Waals surface area contributed by atoms with Gasteiger partial charge in [0, 0.05) is 13.5 Å². The summed E-state index contributed by atoms with van der Waals surface area (Å²) in [5.41, 5.74) is 3.82. The Morgan fingerprint density at radius 1 is 1.44 bits per heavy atom. The molecular formula is C14H20O2. The lowest BCUT2D eigenvalue weighted by atomic mass is 9.99. The first-order valence-corrected chi connectivity index (χ1v) is 5.72. The van der Waals surface area contributed by atoms with Crippen molar-refractivity contribution >= 4 is 6.29 Å². The number of aryl methyl sites for hydroxylation is 2. The molecule has 0 amide bonds. The third-order valence-electron chi connectivity index (χ3n) is 2.86. The van der Waals surface area contributed by atoms with Gasteiger partial charge in [0.05, 0.1) is 6.10 Å². The highest BCUT2D eigenvalue weighted by Gasteiger charge is 2.04. The van der Waals surface area contributed by atoms with Gasteiger partial charge in [-0.25, -0.2) is 0 Å². The van der Waals surface area contributed by atoms with E-state index in [1.54, 1.807) is 7.11 Å². The van der Waals surface area contributed by atoms with E-state index in [-0.39, 0.29) is 6.10 Å². The zero-order valence-corrected chi connectivity index (χ0v) is 10.3. The Balaban J connectivity index is 2.70. The molecule has 0 heterocycles. The Labute approximate surface area is 97.6 Å². The molecule has 0 fully saturated rings. The first-order valence-electron chi connectivity index (χ1n) is 5.72. The number of benzene rings is 1. The lowest BCUT2D eigenvalue weighted by molar-refractivity contribution is -0.107.